The summed E-state index contributed by atoms with van der Waals surface area (Å²) in [6.07, 6.45) is 4.81. The molecule has 2 aliphatic rings. The molecule has 2 rings (SSSR count). The number of rotatable bonds is 4. The molecule has 0 spiro atoms. The third kappa shape index (κ3) is 3.21. The Hall–Kier alpha value is -0.220. The number of ether oxygens (including phenoxy) is 1. The summed E-state index contributed by atoms with van der Waals surface area (Å²) in [5.74, 6) is 1.20. The molecule has 1 N–H and O–H groups in total. The maximum absolute atomic E-state index is 5.79. The molecule has 0 bridgehead atoms. The molecule has 104 valence electrons. The van der Waals surface area contributed by atoms with E-state index in [0.29, 0.717) is 5.41 Å². The summed E-state index contributed by atoms with van der Waals surface area (Å²) >= 11 is 1.88. The molecule has 1 fully saturated rings. The van der Waals surface area contributed by atoms with Gasteiger partial charge in [-0.05, 0) is 38.0 Å². The van der Waals surface area contributed by atoms with Gasteiger partial charge in [-0.25, -0.2) is 0 Å². The van der Waals surface area contributed by atoms with Crippen LogP contribution in [0.15, 0.2) is 4.99 Å². The summed E-state index contributed by atoms with van der Waals surface area (Å²) in [5, 5.41) is 4.59. The molecule has 2 heterocycles. The van der Waals surface area contributed by atoms with E-state index in [1.165, 1.54) is 25.0 Å². The van der Waals surface area contributed by atoms with Crippen LogP contribution in [0.5, 0.6) is 0 Å². The third-order valence-electron chi connectivity index (χ3n) is 4.49. The Kier molecular flexibility index (Phi) is 4.59. The highest BCUT2D eigenvalue weighted by Crippen LogP contribution is 2.35. The Morgan fingerprint density at radius 3 is 2.67 bits per heavy atom. The van der Waals surface area contributed by atoms with Crippen LogP contribution in [0.1, 0.15) is 46.5 Å². The Balaban J connectivity index is 1.83. The van der Waals surface area contributed by atoms with E-state index in [4.69, 9.17) is 9.73 Å². The molecule has 4 heteroatoms. The average molecular weight is 270 g/mol. The predicted octanol–water partition coefficient (Wildman–Crippen LogP) is 3.05. The number of nitrogens with zero attached hydrogens (tertiary/aromatic N) is 1. The van der Waals surface area contributed by atoms with E-state index < -0.39 is 0 Å². The van der Waals surface area contributed by atoms with Gasteiger partial charge in [-0.15, -0.1) is 0 Å². The second kappa shape index (κ2) is 5.83. The van der Waals surface area contributed by atoms with Gasteiger partial charge in [0.05, 0.1) is 5.60 Å². The Bertz CT molecular complexity index is 307. The van der Waals surface area contributed by atoms with E-state index in [1.807, 2.05) is 11.8 Å². The topological polar surface area (TPSA) is 33.6 Å². The molecule has 0 radical (unpaired) electrons. The quantitative estimate of drug-likeness (QED) is 0.852. The van der Waals surface area contributed by atoms with E-state index in [2.05, 4.69) is 26.1 Å². The fourth-order valence-electron chi connectivity index (χ4n) is 2.58. The first-order chi connectivity index (χ1) is 8.61. The first kappa shape index (κ1) is 14.2. The molecule has 0 aliphatic carbocycles. The molecule has 0 aromatic carbocycles. The maximum Gasteiger partial charge on any atom is 0.156 e. The lowest BCUT2D eigenvalue weighted by Crippen LogP contribution is -2.41. The Morgan fingerprint density at radius 2 is 2.17 bits per heavy atom. The Morgan fingerprint density at radius 1 is 1.39 bits per heavy atom. The van der Waals surface area contributed by atoms with Crippen molar-refractivity contribution in [3.63, 3.8) is 0 Å². The number of nitrogens with one attached hydrogen (secondary N) is 1. The third-order valence-corrected chi connectivity index (χ3v) is 5.79. The summed E-state index contributed by atoms with van der Waals surface area (Å²) < 4.78 is 5.79. The molecule has 1 saturated heterocycles. The number of hydrogen-bond acceptors (Lipinski definition) is 4. The standard InChI is InChI=1S/C14H26N2OS/c1-4-14(5-2)10-16-12(18-11-14)15-9-13(3)7-6-8-17-13/h4-11H2,1-3H3,(H,15,16). The molecule has 18 heavy (non-hydrogen) atoms. The summed E-state index contributed by atoms with van der Waals surface area (Å²) in [6, 6.07) is 0. The van der Waals surface area contributed by atoms with Crippen LogP contribution in [-0.4, -0.2) is 36.2 Å². The van der Waals surface area contributed by atoms with E-state index >= 15 is 0 Å². The minimum atomic E-state index is 0.0210. The summed E-state index contributed by atoms with van der Waals surface area (Å²) in [7, 11) is 0. The zero-order chi connectivity index (χ0) is 13.1. The zero-order valence-corrected chi connectivity index (χ0v) is 12.7. The van der Waals surface area contributed by atoms with Crippen molar-refractivity contribution in [2.24, 2.45) is 10.4 Å². The molecule has 0 aromatic rings. The van der Waals surface area contributed by atoms with Crippen LogP contribution in [0.4, 0.5) is 0 Å². The average Bonchev–Trinajstić information content (AvgIpc) is 2.85. The molecule has 2 aliphatic heterocycles. The van der Waals surface area contributed by atoms with Gasteiger partial charge in [-0.3, -0.25) is 4.99 Å². The predicted molar refractivity (Wildman–Crippen MR) is 79.4 cm³/mol. The fraction of sp³-hybridized carbons (Fsp3) is 0.929. The molecule has 1 atom stereocenters. The Labute approximate surface area is 115 Å². The lowest BCUT2D eigenvalue weighted by Gasteiger charge is -2.34. The van der Waals surface area contributed by atoms with Crippen LogP contribution in [0.3, 0.4) is 0 Å². The number of amidine groups is 1. The van der Waals surface area contributed by atoms with E-state index in [9.17, 15) is 0 Å². The van der Waals surface area contributed by atoms with Crippen molar-refractivity contribution in [2.45, 2.75) is 52.1 Å². The van der Waals surface area contributed by atoms with E-state index in [1.54, 1.807) is 0 Å². The van der Waals surface area contributed by atoms with Crippen molar-refractivity contribution in [1.82, 2.24) is 5.32 Å². The fourth-order valence-corrected chi connectivity index (χ4v) is 3.85. The van der Waals surface area contributed by atoms with Gasteiger partial charge in [0.1, 0.15) is 0 Å². The van der Waals surface area contributed by atoms with Crippen LogP contribution in [0.25, 0.3) is 0 Å². The van der Waals surface area contributed by atoms with E-state index in [-0.39, 0.29) is 5.60 Å². The first-order valence-corrected chi connectivity index (χ1v) is 8.15. The lowest BCUT2D eigenvalue weighted by molar-refractivity contribution is 0.0246. The maximum atomic E-state index is 5.79. The molecular weight excluding hydrogens is 244 g/mol. The van der Waals surface area contributed by atoms with Crippen molar-refractivity contribution in [1.29, 1.82) is 0 Å². The van der Waals surface area contributed by atoms with Crippen molar-refractivity contribution >= 4 is 16.9 Å². The zero-order valence-electron chi connectivity index (χ0n) is 11.9. The number of hydrogen-bond donors (Lipinski definition) is 1. The highest BCUT2D eigenvalue weighted by atomic mass is 32.2. The summed E-state index contributed by atoms with van der Waals surface area (Å²) in [6.45, 7) is 9.55. The normalized spacial score (nSPS) is 31.2. The van der Waals surface area contributed by atoms with Crippen molar-refractivity contribution < 1.29 is 4.74 Å². The highest BCUT2D eigenvalue weighted by molar-refractivity contribution is 8.13. The summed E-state index contributed by atoms with van der Waals surface area (Å²) in [4.78, 5) is 4.73. The van der Waals surface area contributed by atoms with Gasteiger partial charge in [-0.2, -0.15) is 0 Å². The molecule has 3 nitrogen and oxygen atoms in total. The van der Waals surface area contributed by atoms with Crippen molar-refractivity contribution in [3.05, 3.63) is 0 Å². The van der Waals surface area contributed by atoms with Gasteiger partial charge < -0.3 is 10.1 Å². The SMILES string of the molecule is CCC1(CC)CN=C(NCC2(C)CCCO2)SC1. The number of thioether (sulfide) groups is 1. The molecule has 0 aromatic heterocycles. The van der Waals surface area contributed by atoms with Gasteiger partial charge in [0.2, 0.25) is 0 Å². The van der Waals surface area contributed by atoms with Crippen LogP contribution < -0.4 is 5.32 Å². The van der Waals surface area contributed by atoms with Crippen LogP contribution in [0, 0.1) is 5.41 Å². The monoisotopic (exact) mass is 270 g/mol. The lowest BCUT2D eigenvalue weighted by atomic mass is 9.84. The van der Waals surface area contributed by atoms with Crippen molar-refractivity contribution in [3.8, 4) is 0 Å². The van der Waals surface area contributed by atoms with E-state index in [0.717, 1.165) is 31.3 Å². The molecule has 1 unspecified atom stereocenters. The van der Waals surface area contributed by atoms with Gasteiger partial charge in [-0.1, -0.05) is 25.6 Å². The second-order valence-corrected chi connectivity index (χ2v) is 6.84. The molecular formula is C14H26N2OS. The molecule has 0 amide bonds. The summed E-state index contributed by atoms with van der Waals surface area (Å²) in [5.41, 5.74) is 0.455. The van der Waals surface area contributed by atoms with Gasteiger partial charge in [0.15, 0.2) is 5.17 Å². The smallest absolute Gasteiger partial charge is 0.156 e. The van der Waals surface area contributed by atoms with Gasteiger partial charge in [0.25, 0.3) is 0 Å². The van der Waals surface area contributed by atoms with Crippen LogP contribution >= 0.6 is 11.8 Å². The minimum Gasteiger partial charge on any atom is -0.373 e. The van der Waals surface area contributed by atoms with Gasteiger partial charge >= 0.3 is 0 Å². The largest absolute Gasteiger partial charge is 0.373 e. The van der Waals surface area contributed by atoms with Crippen LogP contribution in [0.2, 0.25) is 0 Å². The second-order valence-electron chi connectivity index (χ2n) is 5.87. The number of aliphatic imine (C=N–C) groups is 1. The minimum absolute atomic E-state index is 0.0210. The van der Waals surface area contributed by atoms with Crippen LogP contribution in [-0.2, 0) is 4.74 Å². The van der Waals surface area contributed by atoms with Gasteiger partial charge in [0, 0.05) is 25.4 Å². The van der Waals surface area contributed by atoms with Crippen molar-refractivity contribution in [2.75, 3.05) is 25.4 Å². The first-order valence-electron chi connectivity index (χ1n) is 7.16. The molecule has 0 saturated carbocycles. The highest BCUT2D eigenvalue weighted by Gasteiger charge is 2.32.